The summed E-state index contributed by atoms with van der Waals surface area (Å²) in [7, 11) is 0. The molecule has 0 bridgehead atoms. The first-order valence-corrected chi connectivity index (χ1v) is 9.13. The van der Waals surface area contributed by atoms with Gasteiger partial charge in [0.2, 0.25) is 5.91 Å². The van der Waals surface area contributed by atoms with Gasteiger partial charge in [-0.15, -0.1) is 10.2 Å². The van der Waals surface area contributed by atoms with E-state index in [9.17, 15) is 4.79 Å². The van der Waals surface area contributed by atoms with E-state index in [1.807, 2.05) is 37.3 Å². The first-order chi connectivity index (χ1) is 11.6. The van der Waals surface area contributed by atoms with Crippen molar-refractivity contribution in [3.8, 4) is 0 Å². The van der Waals surface area contributed by atoms with Crippen molar-refractivity contribution in [1.29, 1.82) is 0 Å². The van der Waals surface area contributed by atoms with E-state index in [0.29, 0.717) is 10.8 Å². The molecular formula is C16H13ClN4OS2. The van der Waals surface area contributed by atoms with Gasteiger partial charge in [-0.25, -0.2) is 4.98 Å². The molecule has 2 aromatic heterocycles. The number of nitrogens with zero attached hydrogens (tertiary/aromatic N) is 3. The second-order valence-corrected chi connectivity index (χ2v) is 7.82. The van der Waals surface area contributed by atoms with Gasteiger partial charge >= 0.3 is 0 Å². The monoisotopic (exact) mass is 376 g/mol. The molecule has 5 nitrogen and oxygen atoms in total. The molecule has 0 aliphatic carbocycles. The number of rotatable bonds is 5. The Hall–Kier alpha value is -1.96. The molecule has 2 heterocycles. The van der Waals surface area contributed by atoms with Crippen LogP contribution < -0.4 is 5.32 Å². The van der Waals surface area contributed by atoms with E-state index in [2.05, 4.69) is 20.5 Å². The summed E-state index contributed by atoms with van der Waals surface area (Å²) < 4.78 is 0.751. The highest BCUT2D eigenvalue weighted by Gasteiger charge is 2.24. The molecule has 8 heteroatoms. The van der Waals surface area contributed by atoms with Gasteiger partial charge in [0, 0.05) is 6.20 Å². The van der Waals surface area contributed by atoms with Crippen LogP contribution >= 0.6 is 34.7 Å². The van der Waals surface area contributed by atoms with Crippen molar-refractivity contribution >= 4 is 46.4 Å². The van der Waals surface area contributed by atoms with Crippen LogP contribution in [0.25, 0.3) is 0 Å². The molecule has 0 saturated heterocycles. The van der Waals surface area contributed by atoms with E-state index in [-0.39, 0.29) is 5.91 Å². The van der Waals surface area contributed by atoms with Crippen LogP contribution in [0.4, 0.5) is 5.82 Å². The topological polar surface area (TPSA) is 67.8 Å². The highest BCUT2D eigenvalue weighted by Crippen LogP contribution is 2.37. The minimum Gasteiger partial charge on any atom is -0.309 e. The second-order valence-electron chi connectivity index (χ2n) is 4.85. The van der Waals surface area contributed by atoms with Gasteiger partial charge in [-0.2, -0.15) is 0 Å². The maximum atomic E-state index is 12.8. The number of anilines is 1. The number of aromatic nitrogens is 3. The van der Waals surface area contributed by atoms with Crippen LogP contribution in [-0.4, -0.2) is 21.1 Å². The van der Waals surface area contributed by atoms with Crippen LogP contribution in [0.2, 0.25) is 5.02 Å². The van der Waals surface area contributed by atoms with Crippen LogP contribution in [0.5, 0.6) is 0 Å². The maximum absolute atomic E-state index is 12.8. The molecule has 0 aliphatic heterocycles. The summed E-state index contributed by atoms with van der Waals surface area (Å²) in [6.45, 7) is 1.89. The Balaban J connectivity index is 1.83. The normalized spacial score (nSPS) is 11.9. The van der Waals surface area contributed by atoms with Crippen LogP contribution in [-0.2, 0) is 4.79 Å². The van der Waals surface area contributed by atoms with Gasteiger partial charge < -0.3 is 5.32 Å². The Kier molecular flexibility index (Phi) is 5.44. The Morgan fingerprint density at radius 1 is 1.21 bits per heavy atom. The summed E-state index contributed by atoms with van der Waals surface area (Å²) in [5, 5.41) is 11.9. The summed E-state index contributed by atoms with van der Waals surface area (Å²) in [6, 6.07) is 12.9. The number of carbonyl (C=O) groups is 1. The highest BCUT2D eigenvalue weighted by atomic mass is 35.5. The lowest BCUT2D eigenvalue weighted by Gasteiger charge is -2.15. The maximum Gasteiger partial charge on any atom is 0.243 e. The van der Waals surface area contributed by atoms with Crippen molar-refractivity contribution in [2.45, 2.75) is 16.5 Å². The zero-order valence-electron chi connectivity index (χ0n) is 12.6. The molecule has 0 spiro atoms. The van der Waals surface area contributed by atoms with E-state index < -0.39 is 5.25 Å². The third-order valence-corrected chi connectivity index (χ3v) is 5.45. The molecule has 0 fully saturated rings. The van der Waals surface area contributed by atoms with E-state index in [4.69, 9.17) is 11.6 Å². The molecule has 0 radical (unpaired) electrons. The lowest BCUT2D eigenvalue weighted by molar-refractivity contribution is -0.115. The number of nitrogens with one attached hydrogen (secondary N) is 1. The van der Waals surface area contributed by atoms with E-state index in [1.54, 1.807) is 12.1 Å². The van der Waals surface area contributed by atoms with Gasteiger partial charge in [-0.3, -0.25) is 4.79 Å². The largest absolute Gasteiger partial charge is 0.309 e. The number of hydrogen-bond donors (Lipinski definition) is 1. The van der Waals surface area contributed by atoms with Crippen LogP contribution in [0.1, 0.15) is 15.8 Å². The van der Waals surface area contributed by atoms with Crippen molar-refractivity contribution in [2.24, 2.45) is 0 Å². The summed E-state index contributed by atoms with van der Waals surface area (Å²) in [4.78, 5) is 16.9. The SMILES string of the molecule is Cc1nnc(S[C@@H](C(=O)Nc2ccc(Cl)cn2)c2ccccc2)s1. The number of carbonyl (C=O) groups excluding carboxylic acids is 1. The number of benzene rings is 1. The number of halogens is 1. The summed E-state index contributed by atoms with van der Waals surface area (Å²) in [5.41, 5.74) is 0.891. The highest BCUT2D eigenvalue weighted by molar-refractivity contribution is 8.01. The number of hydrogen-bond acceptors (Lipinski definition) is 6. The average Bonchev–Trinajstić information content (AvgIpc) is 3.00. The Morgan fingerprint density at radius 2 is 2.00 bits per heavy atom. The number of aryl methyl sites for hydroxylation is 1. The molecule has 3 aromatic rings. The van der Waals surface area contributed by atoms with E-state index in [0.717, 1.165) is 14.9 Å². The first kappa shape index (κ1) is 16.9. The molecule has 1 amide bonds. The fraction of sp³-hybridized carbons (Fsp3) is 0.125. The van der Waals surface area contributed by atoms with Crippen LogP contribution in [0, 0.1) is 6.92 Å². The molecule has 24 heavy (non-hydrogen) atoms. The van der Waals surface area contributed by atoms with Crippen molar-refractivity contribution in [1.82, 2.24) is 15.2 Å². The van der Waals surface area contributed by atoms with Crippen molar-refractivity contribution < 1.29 is 4.79 Å². The Morgan fingerprint density at radius 3 is 2.62 bits per heavy atom. The molecule has 122 valence electrons. The molecule has 0 saturated carbocycles. The van der Waals surface area contributed by atoms with Crippen molar-refractivity contribution in [3.05, 3.63) is 64.3 Å². The Labute approximate surface area is 152 Å². The predicted octanol–water partition coefficient (Wildman–Crippen LogP) is 4.37. The summed E-state index contributed by atoms with van der Waals surface area (Å²) >= 11 is 8.66. The minimum atomic E-state index is -0.448. The van der Waals surface area contributed by atoms with Crippen molar-refractivity contribution in [3.63, 3.8) is 0 Å². The predicted molar refractivity (Wildman–Crippen MR) is 97.6 cm³/mol. The minimum absolute atomic E-state index is 0.172. The van der Waals surface area contributed by atoms with Gasteiger partial charge in [0.05, 0.1) is 5.02 Å². The molecule has 0 unspecified atom stereocenters. The molecule has 1 aromatic carbocycles. The van der Waals surface area contributed by atoms with Gasteiger partial charge in [0.15, 0.2) is 4.34 Å². The fourth-order valence-electron chi connectivity index (χ4n) is 1.97. The average molecular weight is 377 g/mol. The zero-order chi connectivity index (χ0) is 16.9. The standard InChI is InChI=1S/C16H13ClN4OS2/c1-10-20-21-16(23-10)24-14(11-5-3-2-4-6-11)15(22)19-13-8-7-12(17)9-18-13/h2-9,14H,1H3,(H,18,19,22)/t14-/m1/s1. The Bertz CT molecular complexity index is 824. The number of amides is 1. The zero-order valence-corrected chi connectivity index (χ0v) is 15.0. The number of pyridine rings is 1. The summed E-state index contributed by atoms with van der Waals surface area (Å²) in [5.74, 6) is 0.285. The van der Waals surface area contributed by atoms with Gasteiger partial charge in [0.25, 0.3) is 0 Å². The fourth-order valence-corrected chi connectivity index (χ4v) is 4.09. The van der Waals surface area contributed by atoms with E-state index in [1.165, 1.54) is 29.3 Å². The lowest BCUT2D eigenvalue weighted by atomic mass is 10.1. The lowest BCUT2D eigenvalue weighted by Crippen LogP contribution is -2.19. The molecule has 1 N–H and O–H groups in total. The second kappa shape index (κ2) is 7.74. The molecule has 0 aliphatic rings. The smallest absolute Gasteiger partial charge is 0.243 e. The molecule has 3 rings (SSSR count). The van der Waals surface area contributed by atoms with Gasteiger partial charge in [0.1, 0.15) is 16.1 Å². The summed E-state index contributed by atoms with van der Waals surface area (Å²) in [6.07, 6.45) is 1.50. The van der Waals surface area contributed by atoms with Crippen LogP contribution in [0.3, 0.4) is 0 Å². The van der Waals surface area contributed by atoms with Gasteiger partial charge in [-0.1, -0.05) is 65.0 Å². The quantitative estimate of drug-likeness (QED) is 0.670. The van der Waals surface area contributed by atoms with Crippen molar-refractivity contribution in [2.75, 3.05) is 5.32 Å². The van der Waals surface area contributed by atoms with E-state index >= 15 is 0 Å². The van der Waals surface area contributed by atoms with Gasteiger partial charge in [-0.05, 0) is 24.6 Å². The third-order valence-electron chi connectivity index (χ3n) is 3.05. The third kappa shape index (κ3) is 4.31. The first-order valence-electron chi connectivity index (χ1n) is 7.06. The molecular weight excluding hydrogens is 364 g/mol. The number of thioether (sulfide) groups is 1. The van der Waals surface area contributed by atoms with Crippen LogP contribution in [0.15, 0.2) is 53.0 Å². The molecule has 1 atom stereocenters.